The van der Waals surface area contributed by atoms with E-state index < -0.39 is 0 Å². The van der Waals surface area contributed by atoms with E-state index >= 15 is 0 Å². The van der Waals surface area contributed by atoms with Crippen LogP contribution in [0.1, 0.15) is 19.3 Å². The molecule has 9 heavy (non-hydrogen) atoms. The van der Waals surface area contributed by atoms with E-state index in [1.54, 1.807) is 0 Å². The van der Waals surface area contributed by atoms with Gasteiger partial charge in [0.2, 0.25) is 0 Å². The third-order valence-corrected chi connectivity index (χ3v) is 1.54. The third-order valence-electron chi connectivity index (χ3n) is 1.54. The molecule has 1 rings (SSSR count). The zero-order chi connectivity index (χ0) is 6.69. The van der Waals surface area contributed by atoms with Gasteiger partial charge in [-0.1, -0.05) is 13.2 Å². The average Bonchev–Trinajstić information content (AvgIpc) is 1.99. The van der Waals surface area contributed by atoms with Crippen LogP contribution in [0.15, 0.2) is 24.5 Å². The molecule has 1 nitrogen and oxygen atoms in total. The van der Waals surface area contributed by atoms with Crippen molar-refractivity contribution in [1.29, 1.82) is 0 Å². The fourth-order valence-corrected chi connectivity index (χ4v) is 0.877. The molecule has 0 amide bonds. The average molecular weight is 124 g/mol. The van der Waals surface area contributed by atoms with Crippen molar-refractivity contribution in [2.45, 2.75) is 19.3 Å². The van der Waals surface area contributed by atoms with Gasteiger partial charge in [-0.05, 0) is 24.8 Å². The zero-order valence-corrected chi connectivity index (χ0v) is 5.65. The van der Waals surface area contributed by atoms with Crippen LogP contribution < -0.4 is 0 Å². The molecule has 1 aliphatic heterocycles. The first-order valence-corrected chi connectivity index (χ1v) is 3.30. The van der Waals surface area contributed by atoms with Crippen molar-refractivity contribution < 1.29 is 4.74 Å². The standard InChI is InChI=1S/C8H12O/c1-7-5-3-4-6-9-8(7)2/h1-6H2. The molecular weight excluding hydrogens is 112 g/mol. The van der Waals surface area contributed by atoms with E-state index in [1.165, 1.54) is 6.42 Å². The van der Waals surface area contributed by atoms with Crippen LogP contribution >= 0.6 is 0 Å². The minimum Gasteiger partial charge on any atom is -0.494 e. The van der Waals surface area contributed by atoms with Crippen LogP contribution in [0.25, 0.3) is 0 Å². The molecule has 0 unspecified atom stereocenters. The van der Waals surface area contributed by atoms with Crippen LogP contribution in [0, 0.1) is 0 Å². The van der Waals surface area contributed by atoms with Crippen molar-refractivity contribution in [3.05, 3.63) is 24.5 Å². The smallest absolute Gasteiger partial charge is 0.114 e. The maximum Gasteiger partial charge on any atom is 0.114 e. The second-order valence-electron chi connectivity index (χ2n) is 2.33. The molecule has 1 fully saturated rings. The first kappa shape index (κ1) is 6.40. The third kappa shape index (κ3) is 1.60. The number of rotatable bonds is 0. The van der Waals surface area contributed by atoms with E-state index in [0.29, 0.717) is 0 Å². The first-order chi connectivity index (χ1) is 4.30. The van der Waals surface area contributed by atoms with E-state index in [1.807, 2.05) is 0 Å². The predicted octanol–water partition coefficient (Wildman–Crippen LogP) is 2.26. The van der Waals surface area contributed by atoms with Gasteiger partial charge in [0.25, 0.3) is 0 Å². The lowest BCUT2D eigenvalue weighted by molar-refractivity contribution is 0.226. The molecule has 0 aromatic rings. The Hall–Kier alpha value is -0.720. The molecule has 0 aromatic carbocycles. The van der Waals surface area contributed by atoms with Crippen molar-refractivity contribution in [2.24, 2.45) is 0 Å². The van der Waals surface area contributed by atoms with Crippen molar-refractivity contribution in [2.75, 3.05) is 6.61 Å². The fourth-order valence-electron chi connectivity index (χ4n) is 0.877. The minimum absolute atomic E-state index is 0.785. The van der Waals surface area contributed by atoms with Gasteiger partial charge >= 0.3 is 0 Å². The van der Waals surface area contributed by atoms with E-state index in [9.17, 15) is 0 Å². The molecule has 1 heteroatoms. The lowest BCUT2D eigenvalue weighted by Crippen LogP contribution is -1.88. The highest BCUT2D eigenvalue weighted by atomic mass is 16.5. The highest BCUT2D eigenvalue weighted by Gasteiger charge is 2.05. The lowest BCUT2D eigenvalue weighted by Gasteiger charge is -2.03. The normalized spacial score (nSPS) is 20.9. The summed E-state index contributed by atoms with van der Waals surface area (Å²) in [4.78, 5) is 0. The van der Waals surface area contributed by atoms with Gasteiger partial charge < -0.3 is 4.74 Å². The summed E-state index contributed by atoms with van der Waals surface area (Å²) in [6.45, 7) is 8.38. The van der Waals surface area contributed by atoms with Crippen molar-refractivity contribution >= 4 is 0 Å². The van der Waals surface area contributed by atoms with Crippen molar-refractivity contribution in [3.8, 4) is 0 Å². The van der Waals surface area contributed by atoms with Crippen LogP contribution in [0.5, 0.6) is 0 Å². The summed E-state index contributed by atoms with van der Waals surface area (Å²) >= 11 is 0. The Morgan fingerprint density at radius 2 is 2.00 bits per heavy atom. The molecule has 0 bridgehead atoms. The number of hydrogen-bond acceptors (Lipinski definition) is 1. The van der Waals surface area contributed by atoms with Gasteiger partial charge in [-0.25, -0.2) is 0 Å². The Kier molecular flexibility index (Phi) is 1.93. The van der Waals surface area contributed by atoms with E-state index in [4.69, 9.17) is 4.74 Å². The summed E-state index contributed by atoms with van der Waals surface area (Å²) in [5, 5.41) is 0. The van der Waals surface area contributed by atoms with Gasteiger partial charge in [0, 0.05) is 0 Å². The number of hydrogen-bond donors (Lipinski definition) is 0. The van der Waals surface area contributed by atoms with Crippen molar-refractivity contribution in [1.82, 2.24) is 0 Å². The maximum absolute atomic E-state index is 5.22. The van der Waals surface area contributed by atoms with Crippen LogP contribution in [-0.4, -0.2) is 6.61 Å². The number of allylic oxidation sites excluding steroid dienone is 1. The van der Waals surface area contributed by atoms with Crippen molar-refractivity contribution in [3.63, 3.8) is 0 Å². The molecular formula is C8H12O. The topological polar surface area (TPSA) is 9.23 Å². The van der Waals surface area contributed by atoms with Crippen LogP contribution in [-0.2, 0) is 4.74 Å². The Morgan fingerprint density at radius 1 is 1.22 bits per heavy atom. The highest BCUT2D eigenvalue weighted by Crippen LogP contribution is 2.18. The lowest BCUT2D eigenvalue weighted by atomic mass is 10.1. The Bertz CT molecular complexity index is 120. The summed E-state index contributed by atoms with van der Waals surface area (Å²) < 4.78 is 5.22. The van der Waals surface area contributed by atoms with Gasteiger partial charge in [0.15, 0.2) is 0 Å². The molecule has 1 heterocycles. The second kappa shape index (κ2) is 2.72. The second-order valence-corrected chi connectivity index (χ2v) is 2.33. The monoisotopic (exact) mass is 124 g/mol. The SMILES string of the molecule is C=C1CCCCOC1=C. The van der Waals surface area contributed by atoms with Gasteiger partial charge in [0.05, 0.1) is 6.61 Å². The summed E-state index contributed by atoms with van der Waals surface area (Å²) in [7, 11) is 0. The maximum atomic E-state index is 5.22. The Labute approximate surface area is 56.0 Å². The summed E-state index contributed by atoms with van der Waals surface area (Å²) in [5.41, 5.74) is 1.06. The number of ether oxygens (including phenoxy) is 1. The molecule has 1 saturated heterocycles. The molecule has 0 saturated carbocycles. The molecule has 1 aliphatic rings. The molecule has 50 valence electrons. The quantitative estimate of drug-likeness (QED) is 0.481. The van der Waals surface area contributed by atoms with Gasteiger partial charge in [0.1, 0.15) is 5.76 Å². The first-order valence-electron chi connectivity index (χ1n) is 3.30. The summed E-state index contributed by atoms with van der Waals surface area (Å²) in [6.07, 6.45) is 3.38. The molecule has 0 aromatic heterocycles. The Balaban J connectivity index is 2.51. The van der Waals surface area contributed by atoms with E-state index in [-0.39, 0.29) is 0 Å². The van der Waals surface area contributed by atoms with Crippen LogP contribution in [0.4, 0.5) is 0 Å². The minimum atomic E-state index is 0.785. The largest absolute Gasteiger partial charge is 0.494 e. The molecule has 0 radical (unpaired) electrons. The van der Waals surface area contributed by atoms with Gasteiger partial charge in [-0.15, -0.1) is 0 Å². The molecule has 0 N–H and O–H groups in total. The molecule has 0 aliphatic carbocycles. The fraction of sp³-hybridized carbons (Fsp3) is 0.500. The molecule has 0 spiro atoms. The van der Waals surface area contributed by atoms with Gasteiger partial charge in [-0.3, -0.25) is 0 Å². The summed E-state index contributed by atoms with van der Waals surface area (Å²) in [5.74, 6) is 0.785. The zero-order valence-electron chi connectivity index (χ0n) is 5.65. The van der Waals surface area contributed by atoms with E-state index in [0.717, 1.165) is 30.8 Å². The van der Waals surface area contributed by atoms with Crippen LogP contribution in [0.3, 0.4) is 0 Å². The predicted molar refractivity (Wildman–Crippen MR) is 38.1 cm³/mol. The van der Waals surface area contributed by atoms with Gasteiger partial charge in [-0.2, -0.15) is 0 Å². The van der Waals surface area contributed by atoms with Crippen LogP contribution in [0.2, 0.25) is 0 Å². The summed E-state index contributed by atoms with van der Waals surface area (Å²) in [6, 6.07) is 0. The Morgan fingerprint density at radius 3 is 2.78 bits per heavy atom. The molecule has 0 atom stereocenters. The van der Waals surface area contributed by atoms with E-state index in [2.05, 4.69) is 13.2 Å². The highest BCUT2D eigenvalue weighted by molar-refractivity contribution is 5.19.